The molecule has 0 spiro atoms. The summed E-state index contributed by atoms with van der Waals surface area (Å²) in [4.78, 5) is 0. The molecular formula is C13H20O. The summed E-state index contributed by atoms with van der Waals surface area (Å²) in [5.74, 6) is 1.77. The van der Waals surface area contributed by atoms with Gasteiger partial charge in [-0.15, -0.1) is 0 Å². The Hall–Kier alpha value is -0.300. The fourth-order valence-electron chi connectivity index (χ4n) is 3.29. The molecule has 3 atom stereocenters. The van der Waals surface area contributed by atoms with Crippen LogP contribution in [0.2, 0.25) is 0 Å². The van der Waals surface area contributed by atoms with E-state index in [0.717, 1.165) is 18.4 Å². The van der Waals surface area contributed by atoms with Crippen LogP contribution in [0.25, 0.3) is 0 Å². The normalized spacial score (nSPS) is 46.8. The highest BCUT2D eigenvalue weighted by Crippen LogP contribution is 2.48. The van der Waals surface area contributed by atoms with Gasteiger partial charge in [0.1, 0.15) is 0 Å². The maximum atomic E-state index is 5.60. The number of hydrogen-bond donors (Lipinski definition) is 0. The van der Waals surface area contributed by atoms with E-state index < -0.39 is 0 Å². The van der Waals surface area contributed by atoms with Gasteiger partial charge in [0, 0.05) is 0 Å². The molecule has 0 aromatic rings. The molecule has 0 aromatic heterocycles. The average molecular weight is 192 g/mol. The van der Waals surface area contributed by atoms with Gasteiger partial charge in [-0.05, 0) is 57.3 Å². The van der Waals surface area contributed by atoms with Crippen molar-refractivity contribution >= 4 is 0 Å². The minimum absolute atomic E-state index is 0.281. The molecule has 0 amide bonds. The molecule has 2 fully saturated rings. The van der Waals surface area contributed by atoms with Crippen LogP contribution < -0.4 is 0 Å². The zero-order valence-corrected chi connectivity index (χ0v) is 9.09. The molecule has 14 heavy (non-hydrogen) atoms. The van der Waals surface area contributed by atoms with Gasteiger partial charge < -0.3 is 4.74 Å². The first-order chi connectivity index (χ1) is 6.78. The molecule has 3 unspecified atom stereocenters. The predicted octanol–water partition coefficient (Wildman–Crippen LogP) is 3.30. The third-order valence-electron chi connectivity index (χ3n) is 4.50. The van der Waals surface area contributed by atoms with Crippen LogP contribution >= 0.6 is 0 Å². The van der Waals surface area contributed by atoms with Crippen molar-refractivity contribution in [1.82, 2.24) is 0 Å². The van der Waals surface area contributed by atoms with Crippen LogP contribution in [0.3, 0.4) is 0 Å². The van der Waals surface area contributed by atoms with Crippen molar-refractivity contribution in [2.24, 2.45) is 11.8 Å². The molecule has 1 saturated heterocycles. The summed E-state index contributed by atoms with van der Waals surface area (Å²) in [5, 5.41) is 0. The van der Waals surface area contributed by atoms with Crippen molar-refractivity contribution in [3.05, 3.63) is 11.6 Å². The zero-order valence-electron chi connectivity index (χ0n) is 9.09. The van der Waals surface area contributed by atoms with E-state index in [1.54, 1.807) is 5.57 Å². The number of hydrogen-bond acceptors (Lipinski definition) is 1. The average Bonchev–Trinajstić information content (AvgIpc) is 2.97. The Kier molecular flexibility index (Phi) is 1.98. The smallest absolute Gasteiger partial charge is 0.0916 e. The molecular weight excluding hydrogens is 172 g/mol. The van der Waals surface area contributed by atoms with Crippen LogP contribution in [0.15, 0.2) is 11.6 Å². The molecule has 0 radical (unpaired) electrons. The number of allylic oxidation sites excluding steroid dienone is 2. The summed E-state index contributed by atoms with van der Waals surface area (Å²) in [7, 11) is 0. The second kappa shape index (κ2) is 3.10. The summed E-state index contributed by atoms with van der Waals surface area (Å²) in [6.07, 6.45) is 10.8. The molecule has 0 bridgehead atoms. The summed E-state index contributed by atoms with van der Waals surface area (Å²) in [6.45, 7) is 3.32. The van der Waals surface area contributed by atoms with Crippen LogP contribution in [0, 0.1) is 11.8 Å². The van der Waals surface area contributed by atoms with Crippen molar-refractivity contribution in [3.8, 4) is 0 Å². The Labute approximate surface area is 86.5 Å². The fraction of sp³-hybridized carbons (Fsp3) is 0.846. The number of fused-ring (bicyclic) bond motifs is 1. The lowest BCUT2D eigenvalue weighted by atomic mass is 9.70. The van der Waals surface area contributed by atoms with Gasteiger partial charge in [0.2, 0.25) is 0 Å². The Morgan fingerprint density at radius 1 is 1.43 bits per heavy atom. The highest BCUT2D eigenvalue weighted by molar-refractivity contribution is 5.15. The van der Waals surface area contributed by atoms with Gasteiger partial charge in [0.25, 0.3) is 0 Å². The minimum atomic E-state index is 0.281. The van der Waals surface area contributed by atoms with Gasteiger partial charge in [-0.2, -0.15) is 0 Å². The zero-order chi connectivity index (χ0) is 9.60. The number of epoxide rings is 1. The Morgan fingerprint density at radius 3 is 3.07 bits per heavy atom. The van der Waals surface area contributed by atoms with Gasteiger partial charge in [-0.3, -0.25) is 0 Å². The fourth-order valence-corrected chi connectivity index (χ4v) is 3.29. The molecule has 0 N–H and O–H groups in total. The van der Waals surface area contributed by atoms with E-state index in [1.165, 1.54) is 38.5 Å². The van der Waals surface area contributed by atoms with E-state index in [9.17, 15) is 0 Å². The van der Waals surface area contributed by atoms with Gasteiger partial charge in [-0.25, -0.2) is 0 Å². The lowest BCUT2D eigenvalue weighted by molar-refractivity contribution is 0.174. The number of rotatable bonds is 1. The second-order valence-electron chi connectivity index (χ2n) is 5.48. The van der Waals surface area contributed by atoms with Gasteiger partial charge >= 0.3 is 0 Å². The van der Waals surface area contributed by atoms with Crippen LogP contribution in [-0.2, 0) is 4.74 Å². The van der Waals surface area contributed by atoms with Gasteiger partial charge in [-0.1, -0.05) is 11.6 Å². The lowest BCUT2D eigenvalue weighted by Gasteiger charge is -2.35. The van der Waals surface area contributed by atoms with E-state index in [2.05, 4.69) is 13.0 Å². The summed E-state index contributed by atoms with van der Waals surface area (Å²) in [5.41, 5.74) is 2.06. The van der Waals surface area contributed by atoms with E-state index >= 15 is 0 Å². The van der Waals surface area contributed by atoms with E-state index in [4.69, 9.17) is 4.74 Å². The maximum absolute atomic E-state index is 5.60. The van der Waals surface area contributed by atoms with E-state index in [1.807, 2.05) is 0 Å². The third kappa shape index (κ3) is 1.42. The molecule has 1 aliphatic heterocycles. The molecule has 1 heteroatoms. The molecule has 1 heterocycles. The van der Waals surface area contributed by atoms with Crippen molar-refractivity contribution in [2.45, 2.75) is 51.0 Å². The first kappa shape index (κ1) is 8.96. The molecule has 78 valence electrons. The molecule has 1 saturated carbocycles. The SMILES string of the molecule is CC1(C2CCC3=CCCCC3C2)CO1. The molecule has 2 aliphatic carbocycles. The Balaban J connectivity index is 1.72. The molecule has 0 aromatic carbocycles. The Morgan fingerprint density at radius 2 is 2.29 bits per heavy atom. The van der Waals surface area contributed by atoms with Gasteiger partial charge in [0.05, 0.1) is 12.2 Å². The van der Waals surface area contributed by atoms with Crippen molar-refractivity contribution in [2.75, 3.05) is 6.61 Å². The van der Waals surface area contributed by atoms with Crippen molar-refractivity contribution in [3.63, 3.8) is 0 Å². The standard InChI is InChI=1S/C13H20O/c1-13(9-14-13)12-7-6-10-4-2-3-5-11(10)8-12/h4,11-12H,2-3,5-9H2,1H3. The largest absolute Gasteiger partial charge is 0.370 e. The summed E-state index contributed by atoms with van der Waals surface area (Å²) >= 11 is 0. The predicted molar refractivity (Wildman–Crippen MR) is 57.1 cm³/mol. The first-order valence-electron chi connectivity index (χ1n) is 6.11. The summed E-state index contributed by atoms with van der Waals surface area (Å²) < 4.78 is 5.60. The first-order valence-corrected chi connectivity index (χ1v) is 6.11. The van der Waals surface area contributed by atoms with Crippen LogP contribution in [0.4, 0.5) is 0 Å². The van der Waals surface area contributed by atoms with Crippen LogP contribution in [0.1, 0.15) is 45.4 Å². The third-order valence-corrected chi connectivity index (χ3v) is 4.50. The molecule has 3 rings (SSSR count). The lowest BCUT2D eigenvalue weighted by Crippen LogP contribution is -2.29. The van der Waals surface area contributed by atoms with Crippen molar-refractivity contribution in [1.29, 1.82) is 0 Å². The van der Waals surface area contributed by atoms with E-state index in [0.29, 0.717) is 0 Å². The highest BCUT2D eigenvalue weighted by Gasteiger charge is 2.48. The Bertz CT molecular complexity index is 262. The number of ether oxygens (including phenoxy) is 1. The highest BCUT2D eigenvalue weighted by atomic mass is 16.6. The van der Waals surface area contributed by atoms with E-state index in [-0.39, 0.29) is 5.60 Å². The van der Waals surface area contributed by atoms with Crippen LogP contribution in [0.5, 0.6) is 0 Å². The molecule has 3 aliphatic rings. The van der Waals surface area contributed by atoms with Crippen molar-refractivity contribution < 1.29 is 4.74 Å². The minimum Gasteiger partial charge on any atom is -0.370 e. The van der Waals surface area contributed by atoms with Gasteiger partial charge in [0.15, 0.2) is 0 Å². The quantitative estimate of drug-likeness (QED) is 0.458. The maximum Gasteiger partial charge on any atom is 0.0916 e. The van der Waals surface area contributed by atoms with Crippen LogP contribution in [-0.4, -0.2) is 12.2 Å². The monoisotopic (exact) mass is 192 g/mol. The topological polar surface area (TPSA) is 12.5 Å². The molecule has 1 nitrogen and oxygen atoms in total. The summed E-state index contributed by atoms with van der Waals surface area (Å²) in [6, 6.07) is 0. The second-order valence-corrected chi connectivity index (χ2v) is 5.48.